The average Bonchev–Trinajstić information content (AvgIpc) is 2.96. The predicted octanol–water partition coefficient (Wildman–Crippen LogP) is 3.19. The first-order valence-electron chi connectivity index (χ1n) is 8.00. The van der Waals surface area contributed by atoms with Gasteiger partial charge in [0.05, 0.1) is 23.4 Å². The normalized spacial score (nSPS) is 27.8. The highest BCUT2D eigenvalue weighted by molar-refractivity contribution is 5.96. The molecule has 1 amide bonds. The molecular formula is C17H24N2O2. The van der Waals surface area contributed by atoms with Crippen LogP contribution in [0.5, 0.6) is 0 Å². The number of ether oxygens (including phenoxy) is 1. The summed E-state index contributed by atoms with van der Waals surface area (Å²) in [7, 11) is 0. The zero-order chi connectivity index (χ0) is 14.8. The molecule has 2 heterocycles. The number of fused-ring (bicyclic) bond motifs is 1. The topological polar surface area (TPSA) is 50.4 Å². The Balaban J connectivity index is 1.77. The SMILES string of the molecule is CCC1OCCC1C(=O)Nc1cccc2c1NC(C)CC2. The van der Waals surface area contributed by atoms with Crippen molar-refractivity contribution in [2.45, 2.75) is 51.7 Å². The van der Waals surface area contributed by atoms with Crippen molar-refractivity contribution in [3.8, 4) is 0 Å². The highest BCUT2D eigenvalue weighted by Gasteiger charge is 2.33. The summed E-state index contributed by atoms with van der Waals surface area (Å²) in [6.45, 7) is 4.95. The van der Waals surface area contributed by atoms with Gasteiger partial charge in [-0.3, -0.25) is 4.79 Å². The summed E-state index contributed by atoms with van der Waals surface area (Å²) in [5.41, 5.74) is 3.29. The van der Waals surface area contributed by atoms with E-state index in [1.807, 2.05) is 12.1 Å². The van der Waals surface area contributed by atoms with Gasteiger partial charge in [0.25, 0.3) is 0 Å². The Morgan fingerprint density at radius 2 is 2.29 bits per heavy atom. The lowest BCUT2D eigenvalue weighted by Crippen LogP contribution is -2.30. The molecule has 0 aromatic heterocycles. The van der Waals surface area contributed by atoms with E-state index in [0.29, 0.717) is 12.6 Å². The van der Waals surface area contributed by atoms with Crippen LogP contribution in [0, 0.1) is 5.92 Å². The first kappa shape index (κ1) is 14.4. The third kappa shape index (κ3) is 2.91. The standard InChI is InChI=1S/C17H24N2O2/c1-3-15-13(9-10-21-15)17(20)19-14-6-4-5-12-8-7-11(2)18-16(12)14/h4-6,11,13,15,18H,3,7-10H2,1-2H3,(H,19,20). The van der Waals surface area contributed by atoms with Crippen LogP contribution in [0.2, 0.25) is 0 Å². The number of anilines is 2. The number of rotatable bonds is 3. The van der Waals surface area contributed by atoms with Gasteiger partial charge >= 0.3 is 0 Å². The van der Waals surface area contributed by atoms with Gasteiger partial charge in [0.1, 0.15) is 0 Å². The maximum Gasteiger partial charge on any atom is 0.230 e. The fourth-order valence-corrected chi connectivity index (χ4v) is 3.35. The second kappa shape index (κ2) is 6.06. The maximum atomic E-state index is 12.5. The quantitative estimate of drug-likeness (QED) is 0.898. The van der Waals surface area contributed by atoms with Crippen molar-refractivity contribution in [2.24, 2.45) is 5.92 Å². The van der Waals surface area contributed by atoms with Crippen LogP contribution in [0.15, 0.2) is 18.2 Å². The van der Waals surface area contributed by atoms with E-state index in [9.17, 15) is 4.79 Å². The molecule has 3 rings (SSSR count). The van der Waals surface area contributed by atoms with Gasteiger partial charge in [-0.2, -0.15) is 0 Å². The highest BCUT2D eigenvalue weighted by Crippen LogP contribution is 2.33. The summed E-state index contributed by atoms with van der Waals surface area (Å²) in [4.78, 5) is 12.5. The first-order valence-corrected chi connectivity index (χ1v) is 8.00. The molecule has 0 aliphatic carbocycles. The molecule has 114 valence electrons. The van der Waals surface area contributed by atoms with Gasteiger partial charge in [0.2, 0.25) is 5.91 Å². The van der Waals surface area contributed by atoms with Crippen LogP contribution in [-0.4, -0.2) is 24.7 Å². The summed E-state index contributed by atoms with van der Waals surface area (Å²) in [5.74, 6) is 0.0691. The molecule has 4 heteroatoms. The molecule has 1 saturated heterocycles. The lowest BCUT2D eigenvalue weighted by atomic mass is 9.96. The summed E-state index contributed by atoms with van der Waals surface area (Å²) in [6.07, 6.45) is 3.98. The predicted molar refractivity (Wildman–Crippen MR) is 84.6 cm³/mol. The zero-order valence-electron chi connectivity index (χ0n) is 12.8. The summed E-state index contributed by atoms with van der Waals surface area (Å²) < 4.78 is 5.63. The van der Waals surface area contributed by atoms with Crippen LogP contribution in [-0.2, 0) is 16.0 Å². The van der Waals surface area contributed by atoms with Crippen LogP contribution in [0.1, 0.15) is 38.7 Å². The minimum absolute atomic E-state index is 0.0214. The molecule has 0 radical (unpaired) electrons. The fourth-order valence-electron chi connectivity index (χ4n) is 3.35. The Morgan fingerprint density at radius 3 is 3.10 bits per heavy atom. The van der Waals surface area contributed by atoms with E-state index in [0.717, 1.165) is 37.1 Å². The number of carbonyl (C=O) groups excluding carboxylic acids is 1. The Labute approximate surface area is 126 Å². The summed E-state index contributed by atoms with van der Waals surface area (Å²) in [5, 5.41) is 6.62. The average molecular weight is 288 g/mol. The number of amides is 1. The third-order valence-corrected chi connectivity index (χ3v) is 4.59. The van der Waals surface area contributed by atoms with Crippen molar-refractivity contribution in [1.29, 1.82) is 0 Å². The van der Waals surface area contributed by atoms with E-state index in [-0.39, 0.29) is 17.9 Å². The van der Waals surface area contributed by atoms with Gasteiger partial charge in [0.15, 0.2) is 0 Å². The van der Waals surface area contributed by atoms with Crippen molar-refractivity contribution >= 4 is 17.3 Å². The van der Waals surface area contributed by atoms with Gasteiger partial charge in [0, 0.05) is 12.6 Å². The molecule has 3 atom stereocenters. The van der Waals surface area contributed by atoms with Gasteiger partial charge in [-0.05, 0) is 44.2 Å². The van der Waals surface area contributed by atoms with E-state index in [1.165, 1.54) is 5.56 Å². The molecule has 1 aromatic rings. The Bertz CT molecular complexity index is 530. The van der Waals surface area contributed by atoms with Crippen LogP contribution in [0.3, 0.4) is 0 Å². The molecule has 0 saturated carbocycles. The van der Waals surface area contributed by atoms with Crippen molar-refractivity contribution in [3.05, 3.63) is 23.8 Å². The van der Waals surface area contributed by atoms with Gasteiger partial charge in [-0.25, -0.2) is 0 Å². The van der Waals surface area contributed by atoms with Crippen molar-refractivity contribution in [2.75, 3.05) is 17.2 Å². The van der Waals surface area contributed by atoms with E-state index in [4.69, 9.17) is 4.74 Å². The number of hydrogen-bond acceptors (Lipinski definition) is 3. The van der Waals surface area contributed by atoms with Crippen LogP contribution < -0.4 is 10.6 Å². The molecule has 2 N–H and O–H groups in total. The Morgan fingerprint density at radius 1 is 1.43 bits per heavy atom. The molecule has 1 aromatic carbocycles. The molecule has 2 aliphatic heterocycles. The molecule has 21 heavy (non-hydrogen) atoms. The van der Waals surface area contributed by atoms with Crippen LogP contribution in [0.25, 0.3) is 0 Å². The van der Waals surface area contributed by atoms with Gasteiger partial charge in [-0.15, -0.1) is 0 Å². The number of nitrogens with one attached hydrogen (secondary N) is 2. The van der Waals surface area contributed by atoms with Crippen molar-refractivity contribution in [1.82, 2.24) is 0 Å². The number of aryl methyl sites for hydroxylation is 1. The van der Waals surface area contributed by atoms with Crippen molar-refractivity contribution in [3.63, 3.8) is 0 Å². The second-order valence-electron chi connectivity index (χ2n) is 6.13. The molecule has 0 spiro atoms. The Kier molecular flexibility index (Phi) is 4.15. The molecule has 0 bridgehead atoms. The van der Waals surface area contributed by atoms with Crippen molar-refractivity contribution < 1.29 is 9.53 Å². The number of benzene rings is 1. The fraction of sp³-hybridized carbons (Fsp3) is 0.588. The second-order valence-corrected chi connectivity index (χ2v) is 6.13. The number of hydrogen-bond donors (Lipinski definition) is 2. The van der Waals surface area contributed by atoms with E-state index >= 15 is 0 Å². The number of carbonyl (C=O) groups is 1. The molecule has 2 aliphatic rings. The largest absolute Gasteiger partial charge is 0.381 e. The monoisotopic (exact) mass is 288 g/mol. The van der Waals surface area contributed by atoms with E-state index < -0.39 is 0 Å². The molecule has 3 unspecified atom stereocenters. The zero-order valence-corrected chi connectivity index (χ0v) is 12.8. The minimum atomic E-state index is -0.0214. The lowest BCUT2D eigenvalue weighted by molar-refractivity contribution is -0.121. The number of para-hydroxylation sites is 1. The van der Waals surface area contributed by atoms with Gasteiger partial charge in [-0.1, -0.05) is 19.1 Å². The molecular weight excluding hydrogens is 264 g/mol. The minimum Gasteiger partial charge on any atom is -0.381 e. The smallest absolute Gasteiger partial charge is 0.230 e. The Hall–Kier alpha value is -1.55. The highest BCUT2D eigenvalue weighted by atomic mass is 16.5. The molecule has 1 fully saturated rings. The maximum absolute atomic E-state index is 12.5. The van der Waals surface area contributed by atoms with Crippen LogP contribution >= 0.6 is 0 Å². The van der Waals surface area contributed by atoms with E-state index in [2.05, 4.69) is 30.5 Å². The molecule has 4 nitrogen and oxygen atoms in total. The van der Waals surface area contributed by atoms with E-state index in [1.54, 1.807) is 0 Å². The lowest BCUT2D eigenvalue weighted by Gasteiger charge is -2.27. The van der Waals surface area contributed by atoms with Crippen LogP contribution in [0.4, 0.5) is 11.4 Å². The first-order chi connectivity index (χ1) is 10.2. The van der Waals surface area contributed by atoms with Gasteiger partial charge < -0.3 is 15.4 Å². The summed E-state index contributed by atoms with van der Waals surface area (Å²) >= 11 is 0. The summed E-state index contributed by atoms with van der Waals surface area (Å²) in [6, 6.07) is 6.60. The third-order valence-electron chi connectivity index (χ3n) is 4.59.